The highest BCUT2D eigenvalue weighted by Crippen LogP contribution is 2.32. The number of ether oxygens (including phenoxy) is 1. The second kappa shape index (κ2) is 8.10. The summed E-state index contributed by atoms with van der Waals surface area (Å²) < 4.78 is 42.1. The Bertz CT molecular complexity index is 687. The molecule has 0 aromatic heterocycles. The largest absolute Gasteiger partial charge is 0.497 e. The number of anilines is 1. The van der Waals surface area contributed by atoms with Crippen molar-refractivity contribution in [1.29, 1.82) is 0 Å². The molecule has 128 valence electrons. The third-order valence-corrected chi connectivity index (χ3v) is 4.21. The fourth-order valence-corrected chi connectivity index (χ4v) is 2.75. The van der Waals surface area contributed by atoms with Gasteiger partial charge in [0.05, 0.1) is 25.0 Å². The van der Waals surface area contributed by atoms with Crippen molar-refractivity contribution < 1.29 is 22.7 Å². The zero-order valence-electron chi connectivity index (χ0n) is 12.9. The fourth-order valence-electron chi connectivity index (χ4n) is 1.98. The van der Waals surface area contributed by atoms with Gasteiger partial charge in [-0.25, -0.2) is 0 Å². The summed E-state index contributed by atoms with van der Waals surface area (Å²) in [6.07, 6.45) is -4.13. The molecule has 0 saturated carbocycles. The molecule has 0 aliphatic rings. The van der Waals surface area contributed by atoms with Crippen LogP contribution in [0.4, 0.5) is 18.9 Å². The SMILES string of the molecule is COc1ccc(CC(=O)Nc2ccccc2SCC(F)(F)F)cc1. The normalized spacial score (nSPS) is 11.2. The highest BCUT2D eigenvalue weighted by Gasteiger charge is 2.27. The standard InChI is InChI=1S/C17H16F3NO2S/c1-23-13-8-6-12(7-9-13)10-16(22)21-14-4-2-3-5-15(14)24-11-17(18,19)20/h2-9H,10-11H2,1H3,(H,21,22). The Morgan fingerprint density at radius 2 is 1.79 bits per heavy atom. The predicted molar refractivity (Wildman–Crippen MR) is 88.5 cm³/mol. The second-order valence-electron chi connectivity index (χ2n) is 4.97. The van der Waals surface area contributed by atoms with Crippen LogP contribution in [-0.2, 0) is 11.2 Å². The van der Waals surface area contributed by atoms with E-state index in [0.29, 0.717) is 28.1 Å². The molecule has 0 atom stereocenters. The summed E-state index contributed by atoms with van der Waals surface area (Å²) >= 11 is 0.651. The van der Waals surface area contributed by atoms with E-state index in [2.05, 4.69) is 5.32 Å². The first kappa shape index (κ1) is 18.2. The number of amides is 1. The molecule has 0 aliphatic heterocycles. The van der Waals surface area contributed by atoms with E-state index >= 15 is 0 Å². The van der Waals surface area contributed by atoms with Gasteiger partial charge in [-0.3, -0.25) is 4.79 Å². The summed E-state index contributed by atoms with van der Waals surface area (Å²) in [5, 5.41) is 2.67. The van der Waals surface area contributed by atoms with E-state index in [0.717, 1.165) is 5.56 Å². The Morgan fingerprint density at radius 3 is 2.42 bits per heavy atom. The van der Waals surface area contributed by atoms with E-state index < -0.39 is 11.9 Å². The number of halogens is 3. The van der Waals surface area contributed by atoms with Crippen molar-refractivity contribution in [1.82, 2.24) is 0 Å². The molecular formula is C17H16F3NO2S. The van der Waals surface area contributed by atoms with Gasteiger partial charge >= 0.3 is 6.18 Å². The molecule has 3 nitrogen and oxygen atoms in total. The molecule has 0 heterocycles. The van der Waals surface area contributed by atoms with Crippen molar-refractivity contribution in [2.24, 2.45) is 0 Å². The quantitative estimate of drug-likeness (QED) is 0.774. The first-order valence-electron chi connectivity index (χ1n) is 7.09. The Morgan fingerprint density at radius 1 is 1.12 bits per heavy atom. The molecule has 0 fully saturated rings. The highest BCUT2D eigenvalue weighted by molar-refractivity contribution is 7.99. The average Bonchev–Trinajstić information content (AvgIpc) is 2.54. The maximum Gasteiger partial charge on any atom is 0.398 e. The van der Waals surface area contributed by atoms with Crippen molar-refractivity contribution in [3.63, 3.8) is 0 Å². The molecule has 0 saturated heterocycles. The van der Waals surface area contributed by atoms with Gasteiger partial charge < -0.3 is 10.1 Å². The second-order valence-corrected chi connectivity index (χ2v) is 5.99. The van der Waals surface area contributed by atoms with Crippen LogP contribution in [0.5, 0.6) is 5.75 Å². The number of methoxy groups -OCH3 is 1. The Balaban J connectivity index is 2.00. The van der Waals surface area contributed by atoms with Crippen LogP contribution in [0.2, 0.25) is 0 Å². The molecule has 1 N–H and O–H groups in total. The van der Waals surface area contributed by atoms with E-state index in [4.69, 9.17) is 4.74 Å². The Labute approximate surface area is 142 Å². The molecule has 2 rings (SSSR count). The van der Waals surface area contributed by atoms with Crippen molar-refractivity contribution in [3.8, 4) is 5.75 Å². The fraction of sp³-hybridized carbons (Fsp3) is 0.235. The third kappa shape index (κ3) is 5.81. The first-order chi connectivity index (χ1) is 11.4. The van der Waals surface area contributed by atoms with Gasteiger partial charge in [-0.2, -0.15) is 13.2 Å². The number of benzene rings is 2. The molecule has 0 bridgehead atoms. The summed E-state index contributed by atoms with van der Waals surface area (Å²) in [4.78, 5) is 12.5. The van der Waals surface area contributed by atoms with Gasteiger partial charge in [0.2, 0.25) is 5.91 Å². The van der Waals surface area contributed by atoms with Crippen LogP contribution in [-0.4, -0.2) is 24.9 Å². The molecular weight excluding hydrogens is 339 g/mol. The van der Waals surface area contributed by atoms with Gasteiger partial charge in [-0.1, -0.05) is 24.3 Å². The van der Waals surface area contributed by atoms with E-state index in [9.17, 15) is 18.0 Å². The molecule has 0 unspecified atom stereocenters. The van der Waals surface area contributed by atoms with Gasteiger partial charge in [-0.15, -0.1) is 11.8 Å². The lowest BCUT2D eigenvalue weighted by atomic mass is 10.1. The number of rotatable bonds is 6. The summed E-state index contributed by atoms with van der Waals surface area (Å²) in [6, 6.07) is 13.5. The highest BCUT2D eigenvalue weighted by atomic mass is 32.2. The lowest BCUT2D eigenvalue weighted by Crippen LogP contribution is -2.15. The molecule has 2 aromatic rings. The van der Waals surface area contributed by atoms with Gasteiger partial charge in [0.1, 0.15) is 5.75 Å². The topological polar surface area (TPSA) is 38.3 Å². The number of para-hydroxylation sites is 1. The average molecular weight is 355 g/mol. The lowest BCUT2D eigenvalue weighted by molar-refractivity contribution is -0.115. The van der Waals surface area contributed by atoms with Gasteiger partial charge in [0, 0.05) is 4.90 Å². The zero-order valence-corrected chi connectivity index (χ0v) is 13.7. The van der Waals surface area contributed by atoms with E-state index in [-0.39, 0.29) is 12.3 Å². The third-order valence-electron chi connectivity index (χ3n) is 3.08. The minimum Gasteiger partial charge on any atom is -0.497 e. The molecule has 1 amide bonds. The van der Waals surface area contributed by atoms with Crippen LogP contribution < -0.4 is 10.1 Å². The Hall–Kier alpha value is -2.15. The smallest absolute Gasteiger partial charge is 0.398 e. The minimum absolute atomic E-state index is 0.127. The lowest BCUT2D eigenvalue weighted by Gasteiger charge is -2.12. The van der Waals surface area contributed by atoms with Crippen LogP contribution in [0, 0.1) is 0 Å². The number of nitrogens with one attached hydrogen (secondary N) is 1. The van der Waals surface area contributed by atoms with Gasteiger partial charge in [-0.05, 0) is 29.8 Å². The van der Waals surface area contributed by atoms with Crippen molar-refractivity contribution >= 4 is 23.4 Å². The van der Waals surface area contributed by atoms with E-state index in [1.165, 1.54) is 0 Å². The number of carbonyl (C=O) groups is 1. The van der Waals surface area contributed by atoms with Gasteiger partial charge in [0.25, 0.3) is 0 Å². The Kier molecular flexibility index (Phi) is 6.14. The summed E-state index contributed by atoms with van der Waals surface area (Å²) in [6.45, 7) is 0. The van der Waals surface area contributed by atoms with E-state index in [1.54, 1.807) is 55.6 Å². The molecule has 0 spiro atoms. The molecule has 24 heavy (non-hydrogen) atoms. The van der Waals surface area contributed by atoms with Crippen LogP contribution in [0.25, 0.3) is 0 Å². The zero-order chi connectivity index (χ0) is 17.6. The molecule has 0 radical (unpaired) electrons. The summed E-state index contributed by atoms with van der Waals surface area (Å²) in [5.41, 5.74) is 1.17. The number of thioether (sulfide) groups is 1. The van der Waals surface area contributed by atoms with Crippen molar-refractivity contribution in [2.45, 2.75) is 17.5 Å². The first-order valence-corrected chi connectivity index (χ1v) is 8.07. The van der Waals surface area contributed by atoms with Crippen LogP contribution in [0.1, 0.15) is 5.56 Å². The minimum atomic E-state index is -4.26. The monoisotopic (exact) mass is 355 g/mol. The molecule has 0 aliphatic carbocycles. The summed E-state index contributed by atoms with van der Waals surface area (Å²) in [7, 11) is 1.55. The maximum atomic E-state index is 12.4. The van der Waals surface area contributed by atoms with E-state index in [1.807, 2.05) is 0 Å². The molecule has 2 aromatic carbocycles. The van der Waals surface area contributed by atoms with Crippen LogP contribution >= 0.6 is 11.8 Å². The van der Waals surface area contributed by atoms with Gasteiger partial charge in [0.15, 0.2) is 0 Å². The van der Waals surface area contributed by atoms with Crippen molar-refractivity contribution in [3.05, 3.63) is 54.1 Å². The molecule has 7 heteroatoms. The number of hydrogen-bond acceptors (Lipinski definition) is 3. The number of alkyl halides is 3. The number of hydrogen-bond donors (Lipinski definition) is 1. The van der Waals surface area contributed by atoms with Crippen molar-refractivity contribution in [2.75, 3.05) is 18.2 Å². The van der Waals surface area contributed by atoms with Crippen LogP contribution in [0.15, 0.2) is 53.4 Å². The maximum absolute atomic E-state index is 12.4. The van der Waals surface area contributed by atoms with Crippen LogP contribution in [0.3, 0.4) is 0 Å². The predicted octanol–water partition coefficient (Wildman–Crippen LogP) is 4.53. The summed E-state index contributed by atoms with van der Waals surface area (Å²) in [5.74, 6) is -0.605. The number of carbonyl (C=O) groups excluding carboxylic acids is 1.